The molecule has 0 spiro atoms. The van der Waals surface area contributed by atoms with Gasteiger partial charge in [0.1, 0.15) is 5.03 Å². The van der Waals surface area contributed by atoms with Crippen molar-refractivity contribution >= 4 is 50.5 Å². The summed E-state index contributed by atoms with van der Waals surface area (Å²) in [5.74, 6) is 0. The van der Waals surface area contributed by atoms with Crippen LogP contribution in [0.1, 0.15) is 0 Å². The van der Waals surface area contributed by atoms with Crippen LogP contribution in [0.5, 0.6) is 0 Å². The third-order valence-corrected chi connectivity index (χ3v) is 1.93. The van der Waals surface area contributed by atoms with E-state index in [-0.39, 0.29) is 0 Å². The lowest BCUT2D eigenvalue weighted by Crippen LogP contribution is -1.90. The number of aromatic nitrogens is 6. The molecule has 0 aliphatic carbocycles. The summed E-state index contributed by atoms with van der Waals surface area (Å²) in [7, 11) is 0. The summed E-state index contributed by atoms with van der Waals surface area (Å²) in [6.07, 6.45) is 1.54. The molecule has 10 heteroatoms. The normalized spacial score (nSPS) is 9.25. The van der Waals surface area contributed by atoms with Gasteiger partial charge in [-0.05, 0) is 11.3 Å². The van der Waals surface area contributed by atoms with Crippen molar-refractivity contribution in [3.05, 3.63) is 12.3 Å². The van der Waals surface area contributed by atoms with Crippen LogP contribution in [0.15, 0.2) is 32.8 Å². The summed E-state index contributed by atoms with van der Waals surface area (Å²) >= 11 is 15.5. The highest BCUT2D eigenvalue weighted by molar-refractivity contribution is 7.81. The Hall–Kier alpha value is -0.580. The van der Waals surface area contributed by atoms with Crippen LogP contribution in [0.3, 0.4) is 0 Å². The first kappa shape index (κ1) is 13.5. The first-order valence-electron chi connectivity index (χ1n) is 3.74. The van der Waals surface area contributed by atoms with E-state index in [9.17, 15) is 0 Å². The molecule has 6 nitrogen and oxygen atoms in total. The van der Waals surface area contributed by atoms with Crippen molar-refractivity contribution in [2.24, 2.45) is 0 Å². The van der Waals surface area contributed by atoms with Crippen LogP contribution in [-0.4, -0.2) is 30.4 Å². The van der Waals surface area contributed by atoms with E-state index in [1.165, 1.54) is 6.20 Å². The van der Waals surface area contributed by atoms with Gasteiger partial charge in [0.25, 0.3) is 0 Å². The molecule has 0 aliphatic rings. The molecule has 0 saturated heterocycles. The zero-order valence-corrected chi connectivity index (χ0v) is 11.2. The van der Waals surface area contributed by atoms with Crippen LogP contribution in [0, 0.1) is 0 Å². The number of rotatable bonds is 0. The first-order valence-corrected chi connectivity index (χ1v) is 5.53. The predicted octanol–water partition coefficient (Wildman–Crippen LogP) is 0.898. The van der Waals surface area contributed by atoms with Crippen LogP contribution >= 0.6 is 50.5 Å². The Balaban J connectivity index is 0.000000165. The number of hydrogen-bond acceptors (Lipinski definition) is 10. The average molecular weight is 290 g/mol. The van der Waals surface area contributed by atoms with Crippen LogP contribution in [0.25, 0.3) is 0 Å². The van der Waals surface area contributed by atoms with Crippen molar-refractivity contribution in [2.75, 3.05) is 0 Å². The summed E-state index contributed by atoms with van der Waals surface area (Å²) in [6.45, 7) is 0. The molecular weight excluding hydrogens is 284 g/mol. The lowest BCUT2D eigenvalue weighted by Gasteiger charge is -1.91. The molecule has 0 N–H and O–H groups in total. The second-order valence-electron chi connectivity index (χ2n) is 2.21. The van der Waals surface area contributed by atoms with E-state index in [0.717, 1.165) is 0 Å². The van der Waals surface area contributed by atoms with Crippen molar-refractivity contribution in [1.29, 1.82) is 0 Å². The SMILES string of the molecule is Sc1ccnnn1.Sc1nc(S)nc(S)n1. The summed E-state index contributed by atoms with van der Waals surface area (Å²) in [4.78, 5) is 11.1. The molecule has 0 bridgehead atoms. The maximum absolute atomic E-state index is 3.87. The molecule has 0 fully saturated rings. The molecule has 0 aliphatic heterocycles. The Kier molecular flexibility index (Phi) is 5.80. The standard InChI is InChI=1S/C3H3N3S3.C3H3N3S/c7-1-4-2(8)6-3(9)5-1;7-3-1-2-4-6-5-3/h(H3,4,5,6,7,8,9);1-2H,(H,4,5,7). The fraction of sp³-hybridized carbons (Fsp3) is 0. The molecule has 0 aromatic carbocycles. The predicted molar refractivity (Wildman–Crippen MR) is 68.7 cm³/mol. The summed E-state index contributed by atoms with van der Waals surface area (Å²) in [6, 6.07) is 1.66. The Bertz CT molecular complexity index is 402. The molecule has 16 heavy (non-hydrogen) atoms. The quantitative estimate of drug-likeness (QED) is 0.540. The van der Waals surface area contributed by atoms with Crippen LogP contribution in [0.4, 0.5) is 0 Å². The number of hydrogen-bond donors (Lipinski definition) is 4. The number of nitrogens with zero attached hydrogens (tertiary/aromatic N) is 6. The van der Waals surface area contributed by atoms with Gasteiger partial charge in [0.2, 0.25) is 0 Å². The van der Waals surface area contributed by atoms with Gasteiger partial charge in [0, 0.05) is 0 Å². The lowest BCUT2D eigenvalue weighted by atomic mass is 10.7. The molecule has 2 rings (SSSR count). The third kappa shape index (κ3) is 5.49. The third-order valence-electron chi connectivity index (χ3n) is 1.09. The average Bonchev–Trinajstić information content (AvgIpc) is 2.17. The van der Waals surface area contributed by atoms with Crippen LogP contribution in [-0.2, 0) is 0 Å². The van der Waals surface area contributed by atoms with E-state index >= 15 is 0 Å². The topological polar surface area (TPSA) is 77.3 Å². The molecular formula is C6H6N6S4. The number of thiol groups is 4. The monoisotopic (exact) mass is 290 g/mol. The minimum atomic E-state index is 0.333. The highest BCUT2D eigenvalue weighted by atomic mass is 32.1. The zero-order valence-electron chi connectivity index (χ0n) is 7.63. The summed E-state index contributed by atoms with van der Waals surface area (Å²) < 4.78 is 0. The van der Waals surface area contributed by atoms with Crippen molar-refractivity contribution < 1.29 is 0 Å². The van der Waals surface area contributed by atoms with Gasteiger partial charge in [0.15, 0.2) is 15.5 Å². The highest BCUT2D eigenvalue weighted by Crippen LogP contribution is 2.04. The Labute approximate surface area is 113 Å². The van der Waals surface area contributed by atoms with Crippen LogP contribution < -0.4 is 0 Å². The molecule has 2 aromatic heterocycles. The summed E-state index contributed by atoms with van der Waals surface area (Å²) in [5, 5.41) is 11.8. The zero-order chi connectivity index (χ0) is 12.0. The van der Waals surface area contributed by atoms with Crippen LogP contribution in [0.2, 0.25) is 0 Å². The second kappa shape index (κ2) is 6.89. The first-order chi connectivity index (χ1) is 7.58. The Morgan fingerprint density at radius 1 is 0.812 bits per heavy atom. The van der Waals surface area contributed by atoms with E-state index in [0.29, 0.717) is 20.5 Å². The van der Waals surface area contributed by atoms with Gasteiger partial charge in [0.05, 0.1) is 6.20 Å². The molecule has 0 saturated carbocycles. The molecule has 2 aromatic rings. The van der Waals surface area contributed by atoms with Gasteiger partial charge >= 0.3 is 0 Å². The van der Waals surface area contributed by atoms with Gasteiger partial charge in [-0.2, -0.15) is 15.0 Å². The Morgan fingerprint density at radius 2 is 1.31 bits per heavy atom. The summed E-state index contributed by atoms with van der Waals surface area (Å²) in [5.41, 5.74) is 0. The highest BCUT2D eigenvalue weighted by Gasteiger charge is 1.94. The van der Waals surface area contributed by atoms with Gasteiger partial charge in [-0.1, -0.05) is 0 Å². The van der Waals surface area contributed by atoms with Crippen molar-refractivity contribution in [1.82, 2.24) is 30.4 Å². The van der Waals surface area contributed by atoms with E-state index < -0.39 is 0 Å². The maximum Gasteiger partial charge on any atom is 0.189 e. The van der Waals surface area contributed by atoms with Gasteiger partial charge in [-0.3, -0.25) is 0 Å². The minimum Gasteiger partial charge on any atom is -0.197 e. The smallest absolute Gasteiger partial charge is 0.189 e. The maximum atomic E-state index is 3.87. The van der Waals surface area contributed by atoms with E-state index in [4.69, 9.17) is 0 Å². The second-order valence-corrected chi connectivity index (χ2v) is 3.87. The molecule has 2 heterocycles. The van der Waals surface area contributed by atoms with Crippen molar-refractivity contribution in [3.8, 4) is 0 Å². The molecule has 0 amide bonds. The van der Waals surface area contributed by atoms with E-state index in [1.54, 1.807) is 6.07 Å². The van der Waals surface area contributed by atoms with Crippen molar-refractivity contribution in [2.45, 2.75) is 20.5 Å². The lowest BCUT2D eigenvalue weighted by molar-refractivity contribution is 0.725. The Morgan fingerprint density at radius 3 is 1.56 bits per heavy atom. The fourth-order valence-electron chi connectivity index (χ4n) is 0.578. The molecule has 84 valence electrons. The van der Waals surface area contributed by atoms with E-state index in [2.05, 4.69) is 80.9 Å². The molecule has 0 radical (unpaired) electrons. The van der Waals surface area contributed by atoms with Gasteiger partial charge in [-0.25, -0.2) is 0 Å². The van der Waals surface area contributed by atoms with Gasteiger partial charge < -0.3 is 0 Å². The fourth-order valence-corrected chi connectivity index (χ4v) is 1.49. The van der Waals surface area contributed by atoms with Gasteiger partial charge in [-0.15, -0.1) is 60.7 Å². The van der Waals surface area contributed by atoms with E-state index in [1.807, 2.05) is 0 Å². The largest absolute Gasteiger partial charge is 0.197 e. The molecule has 0 atom stereocenters. The van der Waals surface area contributed by atoms with Crippen molar-refractivity contribution in [3.63, 3.8) is 0 Å². The minimum absolute atomic E-state index is 0.333. The molecule has 0 unspecified atom stereocenters.